The first-order valence-electron chi connectivity index (χ1n) is 10.2. The number of hydrogen-bond donors (Lipinski definition) is 1. The first-order chi connectivity index (χ1) is 14.7. The molecular formula is C22H29N5O3. The topological polar surface area (TPSA) is 79.8 Å². The number of benzene rings is 1. The number of nitrogens with zero attached hydrogens (tertiary/aromatic N) is 4. The van der Waals surface area contributed by atoms with E-state index in [0.29, 0.717) is 30.2 Å². The summed E-state index contributed by atoms with van der Waals surface area (Å²) < 4.78 is 10.8. The van der Waals surface area contributed by atoms with Crippen LogP contribution >= 0.6 is 0 Å². The average molecular weight is 412 g/mol. The molecule has 2 aromatic rings. The first kappa shape index (κ1) is 21.6. The van der Waals surface area contributed by atoms with Crippen molar-refractivity contribution in [2.45, 2.75) is 6.42 Å². The molecule has 0 unspecified atom stereocenters. The summed E-state index contributed by atoms with van der Waals surface area (Å²) >= 11 is 0. The Labute approximate surface area is 177 Å². The lowest BCUT2D eigenvalue weighted by atomic mass is 10.2. The zero-order chi connectivity index (χ0) is 21.2. The maximum Gasteiger partial charge on any atom is 0.251 e. The third-order valence-corrected chi connectivity index (χ3v) is 4.93. The van der Waals surface area contributed by atoms with Crippen molar-refractivity contribution < 1.29 is 14.3 Å². The van der Waals surface area contributed by atoms with Gasteiger partial charge in [0.25, 0.3) is 5.91 Å². The Balaban J connectivity index is 1.38. The normalized spacial score (nSPS) is 14.2. The number of piperazine rings is 1. The zero-order valence-electron chi connectivity index (χ0n) is 17.4. The van der Waals surface area contributed by atoms with Gasteiger partial charge in [-0.2, -0.15) is 0 Å². The van der Waals surface area contributed by atoms with Crippen molar-refractivity contribution >= 4 is 11.9 Å². The Kier molecular flexibility index (Phi) is 8.02. The van der Waals surface area contributed by atoms with E-state index >= 15 is 0 Å². The van der Waals surface area contributed by atoms with E-state index in [9.17, 15) is 4.79 Å². The van der Waals surface area contributed by atoms with Crippen molar-refractivity contribution in [2.24, 2.45) is 0 Å². The number of carbonyl (C=O) groups excluding carboxylic acids is 1. The Hall–Kier alpha value is -3.13. The molecule has 0 atom stereocenters. The molecule has 0 bridgehead atoms. The number of carbonyl (C=O) groups is 1. The van der Waals surface area contributed by atoms with E-state index in [4.69, 9.17) is 9.47 Å². The third kappa shape index (κ3) is 5.93. The van der Waals surface area contributed by atoms with Gasteiger partial charge >= 0.3 is 0 Å². The summed E-state index contributed by atoms with van der Waals surface area (Å²) in [5.74, 6) is 1.80. The first-order valence-corrected chi connectivity index (χ1v) is 10.2. The molecule has 1 amide bonds. The van der Waals surface area contributed by atoms with Crippen LogP contribution in [0.3, 0.4) is 0 Å². The third-order valence-electron chi connectivity index (χ3n) is 4.93. The van der Waals surface area contributed by atoms with Gasteiger partial charge in [0.1, 0.15) is 6.61 Å². The van der Waals surface area contributed by atoms with Gasteiger partial charge < -0.3 is 19.7 Å². The zero-order valence-corrected chi connectivity index (χ0v) is 17.4. The minimum atomic E-state index is -0.116. The molecule has 1 aromatic heterocycles. The summed E-state index contributed by atoms with van der Waals surface area (Å²) in [5, 5.41) is 2.98. The molecule has 3 rings (SSSR count). The van der Waals surface area contributed by atoms with Crippen LogP contribution in [0, 0.1) is 0 Å². The summed E-state index contributed by atoms with van der Waals surface area (Å²) in [6, 6.07) is 7.00. The lowest BCUT2D eigenvalue weighted by Gasteiger charge is -2.34. The van der Waals surface area contributed by atoms with Crippen LogP contribution in [0.4, 0.5) is 5.95 Å². The molecule has 1 aliphatic rings. The molecule has 0 spiro atoms. The second-order valence-electron chi connectivity index (χ2n) is 6.95. The molecule has 1 saturated heterocycles. The number of anilines is 1. The van der Waals surface area contributed by atoms with Crippen molar-refractivity contribution in [1.29, 1.82) is 0 Å². The van der Waals surface area contributed by atoms with Gasteiger partial charge in [0.2, 0.25) is 5.95 Å². The highest BCUT2D eigenvalue weighted by molar-refractivity contribution is 5.94. The van der Waals surface area contributed by atoms with Crippen LogP contribution in [0.25, 0.3) is 0 Å². The SMILES string of the molecule is C=CCOc1ccc(C(=O)NCCCN2CCN(c3ncccn3)CC2)cc1OC. The van der Waals surface area contributed by atoms with Crippen molar-refractivity contribution in [3.8, 4) is 11.5 Å². The van der Waals surface area contributed by atoms with E-state index in [1.807, 2.05) is 6.07 Å². The molecule has 1 aromatic carbocycles. The Bertz CT molecular complexity index is 823. The van der Waals surface area contributed by atoms with E-state index in [2.05, 4.69) is 31.7 Å². The van der Waals surface area contributed by atoms with Crippen molar-refractivity contribution in [3.63, 3.8) is 0 Å². The van der Waals surface area contributed by atoms with Crippen LogP contribution in [-0.2, 0) is 0 Å². The van der Waals surface area contributed by atoms with Gasteiger partial charge in [0, 0.05) is 50.7 Å². The number of ether oxygens (including phenoxy) is 2. The van der Waals surface area contributed by atoms with Crippen LogP contribution < -0.4 is 19.7 Å². The van der Waals surface area contributed by atoms with Crippen molar-refractivity contribution in [1.82, 2.24) is 20.2 Å². The summed E-state index contributed by atoms with van der Waals surface area (Å²) in [5.41, 5.74) is 0.550. The number of hydrogen-bond acceptors (Lipinski definition) is 7. The van der Waals surface area contributed by atoms with Gasteiger partial charge in [-0.05, 0) is 37.2 Å². The highest BCUT2D eigenvalue weighted by Gasteiger charge is 2.18. The molecule has 30 heavy (non-hydrogen) atoms. The lowest BCUT2D eigenvalue weighted by molar-refractivity contribution is 0.0951. The van der Waals surface area contributed by atoms with Crippen molar-refractivity contribution in [2.75, 3.05) is 57.9 Å². The molecular weight excluding hydrogens is 382 g/mol. The van der Waals surface area contributed by atoms with Crippen molar-refractivity contribution in [3.05, 3.63) is 54.9 Å². The molecule has 0 radical (unpaired) electrons. The molecule has 0 saturated carbocycles. The standard InChI is InChI=1S/C22H29N5O3/c1-3-16-30-19-7-6-18(17-20(19)29-2)21(28)23-10-5-11-26-12-14-27(15-13-26)22-24-8-4-9-25-22/h3-4,6-9,17H,1,5,10-16H2,2H3,(H,23,28). The quantitative estimate of drug-likeness (QED) is 0.473. The lowest BCUT2D eigenvalue weighted by Crippen LogP contribution is -2.47. The summed E-state index contributed by atoms with van der Waals surface area (Å²) in [6.07, 6.45) is 6.10. The predicted octanol–water partition coefficient (Wildman–Crippen LogP) is 1.99. The largest absolute Gasteiger partial charge is 0.493 e. The van der Waals surface area contributed by atoms with Gasteiger partial charge in [-0.15, -0.1) is 0 Å². The minimum absolute atomic E-state index is 0.116. The smallest absolute Gasteiger partial charge is 0.251 e. The second kappa shape index (κ2) is 11.2. The van der Waals surface area contributed by atoms with Gasteiger partial charge in [0.15, 0.2) is 11.5 Å². The molecule has 2 heterocycles. The van der Waals surface area contributed by atoms with E-state index in [1.165, 1.54) is 0 Å². The molecule has 0 aliphatic carbocycles. The van der Waals surface area contributed by atoms with E-state index in [-0.39, 0.29) is 5.91 Å². The van der Waals surface area contributed by atoms with Crippen LogP contribution in [0.1, 0.15) is 16.8 Å². The Morgan fingerprint density at radius 3 is 2.67 bits per heavy atom. The fraction of sp³-hybridized carbons (Fsp3) is 0.409. The average Bonchev–Trinajstić information content (AvgIpc) is 2.81. The molecule has 1 aliphatic heterocycles. The van der Waals surface area contributed by atoms with Crippen LogP contribution in [-0.4, -0.2) is 73.8 Å². The minimum Gasteiger partial charge on any atom is -0.493 e. The van der Waals surface area contributed by atoms with Crippen LogP contribution in [0.15, 0.2) is 49.3 Å². The summed E-state index contributed by atoms with van der Waals surface area (Å²) in [7, 11) is 1.56. The van der Waals surface area contributed by atoms with Gasteiger partial charge in [0.05, 0.1) is 7.11 Å². The van der Waals surface area contributed by atoms with E-state index in [1.54, 1.807) is 43.8 Å². The number of aromatic nitrogens is 2. The maximum atomic E-state index is 12.4. The highest BCUT2D eigenvalue weighted by atomic mass is 16.5. The van der Waals surface area contributed by atoms with Gasteiger partial charge in [-0.3, -0.25) is 9.69 Å². The van der Waals surface area contributed by atoms with E-state index < -0.39 is 0 Å². The molecule has 1 fully saturated rings. The second-order valence-corrected chi connectivity index (χ2v) is 6.95. The Morgan fingerprint density at radius 2 is 1.97 bits per heavy atom. The molecule has 8 heteroatoms. The van der Waals surface area contributed by atoms with Crippen LogP contribution in [0.5, 0.6) is 11.5 Å². The number of amides is 1. The number of rotatable bonds is 10. The molecule has 160 valence electrons. The fourth-order valence-corrected chi connectivity index (χ4v) is 3.31. The monoisotopic (exact) mass is 411 g/mol. The van der Waals surface area contributed by atoms with Crippen LogP contribution in [0.2, 0.25) is 0 Å². The van der Waals surface area contributed by atoms with Gasteiger partial charge in [-0.25, -0.2) is 9.97 Å². The highest BCUT2D eigenvalue weighted by Crippen LogP contribution is 2.28. The maximum absolute atomic E-state index is 12.4. The number of nitrogens with one attached hydrogen (secondary N) is 1. The summed E-state index contributed by atoms with van der Waals surface area (Å²) in [4.78, 5) is 25.7. The summed E-state index contributed by atoms with van der Waals surface area (Å²) in [6.45, 7) is 9.34. The Morgan fingerprint density at radius 1 is 1.20 bits per heavy atom. The molecule has 1 N–H and O–H groups in total. The van der Waals surface area contributed by atoms with E-state index in [0.717, 1.165) is 45.1 Å². The van der Waals surface area contributed by atoms with Gasteiger partial charge in [-0.1, -0.05) is 12.7 Å². The molecule has 8 nitrogen and oxygen atoms in total. The number of methoxy groups -OCH3 is 1. The fourth-order valence-electron chi connectivity index (χ4n) is 3.31. The predicted molar refractivity (Wildman–Crippen MR) is 116 cm³/mol.